The highest BCUT2D eigenvalue weighted by Gasteiger charge is 2.32. The van der Waals surface area contributed by atoms with Gasteiger partial charge in [0, 0.05) is 18.8 Å². The van der Waals surface area contributed by atoms with Crippen LogP contribution in [0.5, 0.6) is 5.75 Å². The fourth-order valence-electron chi connectivity index (χ4n) is 1.99. The number of halogens is 3. The summed E-state index contributed by atoms with van der Waals surface area (Å²) in [5, 5.41) is 5.17. The van der Waals surface area contributed by atoms with Crippen molar-refractivity contribution >= 4 is 12.2 Å². The van der Waals surface area contributed by atoms with Gasteiger partial charge in [0.25, 0.3) is 5.91 Å². The number of rotatable bonds is 9. The third-order valence-electron chi connectivity index (χ3n) is 3.44. The summed E-state index contributed by atoms with van der Waals surface area (Å²) in [4.78, 5) is 23.2. The van der Waals surface area contributed by atoms with Crippen LogP contribution in [0.4, 0.5) is 13.2 Å². The SMILES string of the molecule is CN/C=C\C(=C/C=O)NC(=O)c1ccc(C(F)(F)F)cc1OCCC(C)C. The minimum Gasteiger partial charge on any atom is -0.493 e. The molecule has 1 amide bonds. The Bertz CT molecular complexity index is 711. The van der Waals surface area contributed by atoms with Crippen molar-refractivity contribution in [1.82, 2.24) is 10.6 Å². The Balaban J connectivity index is 3.15. The van der Waals surface area contributed by atoms with E-state index in [9.17, 15) is 22.8 Å². The summed E-state index contributed by atoms with van der Waals surface area (Å²) in [7, 11) is 1.63. The molecular weight excluding hydrogens is 361 g/mol. The second-order valence-electron chi connectivity index (χ2n) is 6.07. The Hall–Kier alpha value is -2.77. The molecule has 0 aliphatic heterocycles. The first-order valence-electron chi connectivity index (χ1n) is 8.33. The molecule has 1 aromatic rings. The topological polar surface area (TPSA) is 67.4 Å². The molecule has 0 radical (unpaired) electrons. The van der Waals surface area contributed by atoms with Crippen molar-refractivity contribution in [3.05, 3.63) is 53.4 Å². The van der Waals surface area contributed by atoms with Crippen molar-refractivity contribution in [2.24, 2.45) is 5.92 Å². The third kappa shape index (κ3) is 7.55. The van der Waals surface area contributed by atoms with Crippen LogP contribution in [0.1, 0.15) is 36.2 Å². The van der Waals surface area contributed by atoms with Crippen molar-refractivity contribution in [3.8, 4) is 5.75 Å². The lowest BCUT2D eigenvalue weighted by Gasteiger charge is -2.15. The minimum atomic E-state index is -4.55. The first-order valence-corrected chi connectivity index (χ1v) is 8.33. The van der Waals surface area contributed by atoms with Crippen LogP contribution in [-0.2, 0) is 11.0 Å². The predicted octanol–water partition coefficient (Wildman–Crippen LogP) is 3.68. The highest BCUT2D eigenvalue weighted by Crippen LogP contribution is 2.33. The maximum Gasteiger partial charge on any atom is 0.416 e. The van der Waals surface area contributed by atoms with Crippen LogP contribution >= 0.6 is 0 Å². The number of aldehydes is 1. The average molecular weight is 384 g/mol. The third-order valence-corrected chi connectivity index (χ3v) is 3.44. The average Bonchev–Trinajstić information content (AvgIpc) is 2.58. The molecule has 1 rings (SSSR count). The van der Waals surface area contributed by atoms with E-state index in [0.29, 0.717) is 18.6 Å². The van der Waals surface area contributed by atoms with Crippen LogP contribution in [0, 0.1) is 5.92 Å². The lowest BCUT2D eigenvalue weighted by molar-refractivity contribution is -0.137. The van der Waals surface area contributed by atoms with Gasteiger partial charge in [-0.1, -0.05) is 13.8 Å². The molecule has 148 valence electrons. The summed E-state index contributed by atoms with van der Waals surface area (Å²) in [6.45, 7) is 4.08. The van der Waals surface area contributed by atoms with Gasteiger partial charge < -0.3 is 15.4 Å². The monoisotopic (exact) mass is 384 g/mol. The van der Waals surface area contributed by atoms with E-state index in [4.69, 9.17) is 4.74 Å². The van der Waals surface area contributed by atoms with E-state index < -0.39 is 17.6 Å². The number of ether oxygens (including phenoxy) is 1. The van der Waals surface area contributed by atoms with Crippen LogP contribution < -0.4 is 15.4 Å². The summed E-state index contributed by atoms with van der Waals surface area (Å²) in [6.07, 6.45) is 0.609. The van der Waals surface area contributed by atoms with E-state index in [-0.39, 0.29) is 23.6 Å². The predicted molar refractivity (Wildman–Crippen MR) is 96.2 cm³/mol. The number of hydrogen-bond acceptors (Lipinski definition) is 4. The van der Waals surface area contributed by atoms with Crippen molar-refractivity contribution in [1.29, 1.82) is 0 Å². The van der Waals surface area contributed by atoms with E-state index in [1.807, 2.05) is 13.8 Å². The Morgan fingerprint density at radius 2 is 2.00 bits per heavy atom. The summed E-state index contributed by atoms with van der Waals surface area (Å²) < 4.78 is 44.4. The molecule has 0 fully saturated rings. The maximum absolute atomic E-state index is 13.0. The first-order chi connectivity index (χ1) is 12.7. The van der Waals surface area contributed by atoms with E-state index in [1.165, 1.54) is 12.3 Å². The Morgan fingerprint density at radius 1 is 1.30 bits per heavy atom. The second kappa shape index (κ2) is 10.4. The van der Waals surface area contributed by atoms with Gasteiger partial charge >= 0.3 is 6.18 Å². The van der Waals surface area contributed by atoms with Gasteiger partial charge in [0.1, 0.15) is 12.0 Å². The van der Waals surface area contributed by atoms with Crippen LogP contribution in [0.3, 0.4) is 0 Å². The fourth-order valence-corrected chi connectivity index (χ4v) is 1.99. The number of allylic oxidation sites excluding steroid dienone is 2. The van der Waals surface area contributed by atoms with Crippen LogP contribution in [0.2, 0.25) is 0 Å². The number of benzene rings is 1. The highest BCUT2D eigenvalue weighted by atomic mass is 19.4. The quantitative estimate of drug-likeness (QED) is 0.387. The molecule has 0 heterocycles. The van der Waals surface area contributed by atoms with Crippen molar-refractivity contribution in [2.75, 3.05) is 13.7 Å². The molecule has 0 spiro atoms. The molecule has 0 bridgehead atoms. The van der Waals surface area contributed by atoms with Gasteiger partial charge in [0.2, 0.25) is 0 Å². The van der Waals surface area contributed by atoms with E-state index in [2.05, 4.69) is 10.6 Å². The van der Waals surface area contributed by atoms with Gasteiger partial charge in [-0.25, -0.2) is 0 Å². The Kier molecular flexibility index (Phi) is 8.58. The molecule has 2 N–H and O–H groups in total. The largest absolute Gasteiger partial charge is 0.493 e. The normalized spacial score (nSPS) is 12.3. The summed E-state index contributed by atoms with van der Waals surface area (Å²) in [5.41, 5.74) is -0.781. The zero-order valence-corrected chi connectivity index (χ0v) is 15.4. The number of hydrogen-bond donors (Lipinski definition) is 2. The number of carbonyl (C=O) groups excluding carboxylic acids is 2. The zero-order valence-electron chi connectivity index (χ0n) is 15.4. The van der Waals surface area contributed by atoms with Crippen molar-refractivity contribution in [3.63, 3.8) is 0 Å². The fraction of sp³-hybridized carbons (Fsp3) is 0.368. The van der Waals surface area contributed by atoms with Gasteiger partial charge in [0.05, 0.1) is 17.7 Å². The van der Waals surface area contributed by atoms with Gasteiger partial charge in [-0.2, -0.15) is 13.2 Å². The molecule has 0 unspecified atom stereocenters. The summed E-state index contributed by atoms with van der Waals surface area (Å²) in [6, 6.07) is 2.68. The number of carbonyl (C=O) groups is 2. The van der Waals surface area contributed by atoms with Crippen LogP contribution in [-0.4, -0.2) is 25.8 Å². The lowest BCUT2D eigenvalue weighted by Crippen LogP contribution is -2.23. The summed E-state index contributed by atoms with van der Waals surface area (Å²) >= 11 is 0. The molecule has 0 aliphatic rings. The van der Waals surface area contributed by atoms with E-state index >= 15 is 0 Å². The van der Waals surface area contributed by atoms with Crippen molar-refractivity contribution in [2.45, 2.75) is 26.4 Å². The molecule has 1 aromatic carbocycles. The van der Waals surface area contributed by atoms with Crippen LogP contribution in [0.15, 0.2) is 42.2 Å². The van der Waals surface area contributed by atoms with Crippen molar-refractivity contribution < 1.29 is 27.5 Å². The number of alkyl halides is 3. The van der Waals surface area contributed by atoms with Crippen LogP contribution in [0.25, 0.3) is 0 Å². The molecular formula is C19H23F3N2O3. The maximum atomic E-state index is 13.0. The smallest absolute Gasteiger partial charge is 0.416 e. The molecule has 0 atom stereocenters. The second-order valence-corrected chi connectivity index (χ2v) is 6.07. The molecule has 0 saturated carbocycles. The van der Waals surface area contributed by atoms with Gasteiger partial charge in [-0.05, 0) is 42.8 Å². The van der Waals surface area contributed by atoms with Gasteiger partial charge in [0.15, 0.2) is 0 Å². The summed E-state index contributed by atoms with van der Waals surface area (Å²) in [5.74, 6) is -0.551. The highest BCUT2D eigenvalue weighted by molar-refractivity contribution is 5.98. The van der Waals surface area contributed by atoms with Gasteiger partial charge in [-0.3, -0.25) is 9.59 Å². The lowest BCUT2D eigenvalue weighted by atomic mass is 10.1. The number of amides is 1. The first kappa shape index (κ1) is 22.3. The van der Waals surface area contributed by atoms with E-state index in [0.717, 1.165) is 24.3 Å². The Morgan fingerprint density at radius 3 is 2.56 bits per heavy atom. The minimum absolute atomic E-state index is 0.0542. The number of nitrogens with one attached hydrogen (secondary N) is 2. The molecule has 5 nitrogen and oxygen atoms in total. The van der Waals surface area contributed by atoms with Gasteiger partial charge in [-0.15, -0.1) is 0 Å². The molecule has 0 saturated heterocycles. The molecule has 8 heteroatoms. The zero-order chi connectivity index (χ0) is 20.4. The molecule has 0 aromatic heterocycles. The molecule has 27 heavy (non-hydrogen) atoms. The standard InChI is InChI=1S/C19H23F3N2O3/c1-13(2)8-11-27-17-12-14(19(20,21)22)4-5-16(17)18(26)24-15(7-10-25)6-9-23-3/h4-7,9-10,12-13,23H,8,11H2,1-3H3,(H,24,26)/b9-6-,15-7+. The van der Waals surface area contributed by atoms with E-state index in [1.54, 1.807) is 7.05 Å². The molecule has 0 aliphatic carbocycles. The Labute approximate surface area is 156 Å².